The van der Waals surface area contributed by atoms with E-state index in [0.717, 1.165) is 0 Å². The van der Waals surface area contributed by atoms with Gasteiger partial charge in [0.1, 0.15) is 0 Å². The van der Waals surface area contributed by atoms with Gasteiger partial charge in [-0.2, -0.15) is 0 Å². The molecule has 0 aromatic heterocycles. The van der Waals surface area contributed by atoms with Crippen LogP contribution in [0.2, 0.25) is 0 Å². The van der Waals surface area contributed by atoms with E-state index < -0.39 is 9.15 Å². The monoisotopic (exact) mass is 169 g/mol. The Balaban J connectivity index is 3.85. The van der Waals surface area contributed by atoms with Crippen molar-refractivity contribution in [3.05, 3.63) is 0 Å². The molecule has 0 aromatic carbocycles. The van der Waals surface area contributed by atoms with Crippen LogP contribution in [0.5, 0.6) is 0 Å². The van der Waals surface area contributed by atoms with Gasteiger partial charge >= 0.3 is 46.2 Å². The van der Waals surface area contributed by atoms with Gasteiger partial charge in [0.25, 0.3) is 0 Å². The number of hydrogen-bond donors (Lipinski definition) is 1. The van der Waals surface area contributed by atoms with Crippen molar-refractivity contribution >= 4 is 18.4 Å². The van der Waals surface area contributed by atoms with Crippen LogP contribution < -0.4 is 0 Å². The molecule has 0 bridgehead atoms. The van der Waals surface area contributed by atoms with Crippen LogP contribution in [0.15, 0.2) is 0 Å². The molecule has 0 fully saturated rings. The molecule has 0 saturated carbocycles. The second-order valence-electron chi connectivity index (χ2n) is 0.487. The van der Waals surface area contributed by atoms with Crippen molar-refractivity contribution in [3.63, 3.8) is 0 Å². The van der Waals surface area contributed by atoms with Gasteiger partial charge in [-0.05, 0) is 0 Å². The van der Waals surface area contributed by atoms with Crippen LogP contribution >= 0.6 is 9.21 Å². The van der Waals surface area contributed by atoms with Gasteiger partial charge in [-0.1, -0.05) is 0 Å². The summed E-state index contributed by atoms with van der Waals surface area (Å²) >= 11 is 2.84. The third kappa shape index (κ3) is 4.78. The van der Waals surface area contributed by atoms with E-state index in [9.17, 15) is 8.42 Å². The third-order valence-corrected chi connectivity index (χ3v) is 2.76. The topological polar surface area (TPSA) is 54.4 Å². The zero-order valence-corrected chi connectivity index (χ0v) is 5.17. The first-order valence-corrected chi connectivity index (χ1v) is 4.83. The van der Waals surface area contributed by atoms with E-state index in [-0.39, 0.29) is 9.21 Å². The van der Waals surface area contributed by atoms with Crippen LogP contribution in [-0.4, -0.2) is 13.0 Å². The number of hydrogen-bond acceptors (Lipinski definition) is 3. The summed E-state index contributed by atoms with van der Waals surface area (Å²) in [6, 6.07) is 0. The Morgan fingerprint density at radius 3 is 1.83 bits per heavy atom. The van der Waals surface area contributed by atoms with Gasteiger partial charge in [-0.15, -0.1) is 0 Å². The molecule has 3 nitrogen and oxygen atoms in total. The van der Waals surface area contributed by atoms with E-state index in [0.29, 0.717) is 0 Å². The van der Waals surface area contributed by atoms with Crippen molar-refractivity contribution in [2.45, 2.75) is 0 Å². The Morgan fingerprint density at radius 1 is 1.67 bits per heavy atom. The Hall–Kier alpha value is 0.779. The molecule has 0 rings (SSSR count). The molecular weight excluding hydrogens is 168 g/mol. The van der Waals surface area contributed by atoms with E-state index in [1.165, 1.54) is 0 Å². The van der Waals surface area contributed by atoms with Crippen LogP contribution in [0.3, 0.4) is 0 Å². The van der Waals surface area contributed by atoms with Gasteiger partial charge in [0, 0.05) is 0 Å². The summed E-state index contributed by atoms with van der Waals surface area (Å²) in [7, 11) is -3.70. The number of rotatable bonds is 1. The van der Waals surface area contributed by atoms with Crippen LogP contribution in [0.1, 0.15) is 0 Å². The minimum atomic E-state index is -3.86. The molecule has 0 aliphatic carbocycles. The van der Waals surface area contributed by atoms with Gasteiger partial charge in [0.2, 0.25) is 0 Å². The molecule has 0 atom stereocenters. The van der Waals surface area contributed by atoms with Gasteiger partial charge in [-0.25, -0.2) is 0 Å². The summed E-state index contributed by atoms with van der Waals surface area (Å²) in [5.41, 5.74) is 0. The van der Waals surface area contributed by atoms with E-state index in [2.05, 4.69) is 14.9 Å². The molecule has 0 aromatic rings. The van der Waals surface area contributed by atoms with Crippen LogP contribution in [0.25, 0.3) is 0 Å². The van der Waals surface area contributed by atoms with Crippen molar-refractivity contribution in [1.82, 2.24) is 0 Å². The average molecular weight is 169 g/mol. The maximum absolute atomic E-state index is 9.46. The average Bonchev–Trinajstić information content (AvgIpc) is 1.35. The van der Waals surface area contributed by atoms with Gasteiger partial charge in [0.05, 0.1) is 0 Å². The predicted octanol–water partition coefficient (Wildman–Crippen LogP) is -0.0158. The molecule has 6 heavy (non-hydrogen) atoms. The SMILES string of the molecule is O=S(=O)(O)[S][Fe]. The Labute approximate surface area is 46.5 Å². The normalized spacial score (nSPS) is 11.7. The fourth-order valence-electron chi connectivity index (χ4n) is 0. The summed E-state index contributed by atoms with van der Waals surface area (Å²) in [4.78, 5) is 0. The van der Waals surface area contributed by atoms with Gasteiger partial charge < -0.3 is 0 Å². The van der Waals surface area contributed by atoms with E-state index in [1.54, 1.807) is 0 Å². The second kappa shape index (κ2) is 2.18. The molecule has 1 N–H and O–H groups in total. The molecule has 0 aliphatic heterocycles. The van der Waals surface area contributed by atoms with Crippen LogP contribution in [-0.2, 0) is 24.0 Å². The Morgan fingerprint density at radius 2 is 1.83 bits per heavy atom. The standard InChI is InChI=1S/Fe.H2O3S2/c;1-5(2,3)4/h;(H2,1,2,3,4)/q+1;/p-1. The van der Waals surface area contributed by atoms with E-state index in [4.69, 9.17) is 4.55 Å². The minimum absolute atomic E-state index is 0.160. The first kappa shape index (κ1) is 6.78. The second-order valence-corrected chi connectivity index (χ2v) is 4.73. The summed E-state index contributed by atoms with van der Waals surface area (Å²) in [5, 5.41) is 0. The van der Waals surface area contributed by atoms with Crippen molar-refractivity contribution < 1.29 is 27.9 Å². The van der Waals surface area contributed by atoms with Gasteiger partial charge in [-0.3, -0.25) is 0 Å². The zero-order valence-electron chi connectivity index (χ0n) is 2.43. The predicted molar refractivity (Wildman–Crippen MR) is 19.1 cm³/mol. The fraction of sp³-hybridized carbons (Fsp3) is 0. The first-order chi connectivity index (χ1) is 2.56. The summed E-state index contributed by atoms with van der Waals surface area (Å²) in [6.07, 6.45) is 0. The molecule has 0 spiro atoms. The third-order valence-electron chi connectivity index (χ3n) is 0.0745. The van der Waals surface area contributed by atoms with Crippen molar-refractivity contribution in [1.29, 1.82) is 0 Å². The van der Waals surface area contributed by atoms with Gasteiger partial charge in [0.15, 0.2) is 0 Å². The van der Waals surface area contributed by atoms with Crippen molar-refractivity contribution in [3.8, 4) is 0 Å². The quantitative estimate of drug-likeness (QED) is 0.340. The Bertz CT molecular complexity index is 111. The molecular formula is HFeO3S2. The summed E-state index contributed by atoms with van der Waals surface area (Å²) in [6.45, 7) is 0. The maximum atomic E-state index is 9.46. The summed E-state index contributed by atoms with van der Waals surface area (Å²) < 4.78 is 26.6. The molecule has 0 aliphatic rings. The first-order valence-electron chi connectivity index (χ1n) is 0.827. The molecule has 0 radical (unpaired) electrons. The van der Waals surface area contributed by atoms with E-state index >= 15 is 0 Å². The Kier molecular flexibility index (Phi) is 2.46. The summed E-state index contributed by atoms with van der Waals surface area (Å²) in [5.74, 6) is 0. The van der Waals surface area contributed by atoms with Crippen molar-refractivity contribution in [2.24, 2.45) is 0 Å². The van der Waals surface area contributed by atoms with E-state index in [1.807, 2.05) is 0 Å². The van der Waals surface area contributed by atoms with Crippen LogP contribution in [0.4, 0.5) is 0 Å². The zero-order chi connectivity index (χ0) is 5.21. The molecule has 0 amide bonds. The molecule has 0 heterocycles. The van der Waals surface area contributed by atoms with Crippen LogP contribution in [0, 0.1) is 0 Å². The molecule has 6 heteroatoms. The molecule has 0 unspecified atom stereocenters. The van der Waals surface area contributed by atoms with Crippen molar-refractivity contribution in [2.75, 3.05) is 0 Å². The molecule has 0 saturated heterocycles. The molecule has 39 valence electrons. The fourth-order valence-corrected chi connectivity index (χ4v) is 0.